The molecule has 1 rings (SSSR count). The number of H-pyrrole nitrogens is 1. The van der Waals surface area contributed by atoms with Gasteiger partial charge in [0, 0.05) is 19.0 Å². The third-order valence-electron chi connectivity index (χ3n) is 1.25. The number of aromatic nitrogens is 1. The molecule has 2 N–H and O–H groups in total. The van der Waals surface area contributed by atoms with E-state index in [0.29, 0.717) is 0 Å². The van der Waals surface area contributed by atoms with Crippen molar-refractivity contribution in [1.29, 1.82) is 0 Å². The monoisotopic (exact) mass is 287 g/mol. The lowest BCUT2D eigenvalue weighted by molar-refractivity contribution is 0.404. The SMILES string of the molecule is CO[Si](C)C.Cc1ccc[nH]1.O=S(=O)(F)NF. The summed E-state index contributed by atoms with van der Waals surface area (Å²) in [4.78, 5) is 2.91. The minimum Gasteiger partial charge on any atom is -0.420 e. The smallest absolute Gasteiger partial charge is 0.398 e. The number of halogens is 2. The van der Waals surface area contributed by atoms with Gasteiger partial charge in [0.25, 0.3) is 0 Å². The van der Waals surface area contributed by atoms with Crippen molar-refractivity contribution in [2.45, 2.75) is 20.0 Å². The quantitative estimate of drug-likeness (QED) is 0.495. The van der Waals surface area contributed by atoms with Crippen LogP contribution in [0, 0.1) is 6.92 Å². The Bertz CT molecular complexity index is 357. The van der Waals surface area contributed by atoms with Crippen LogP contribution in [0.25, 0.3) is 0 Å². The van der Waals surface area contributed by atoms with E-state index in [-0.39, 0.29) is 14.0 Å². The Morgan fingerprint density at radius 1 is 1.47 bits per heavy atom. The van der Waals surface area contributed by atoms with Crippen molar-refractivity contribution in [3.05, 3.63) is 24.0 Å². The first-order chi connectivity index (χ1) is 7.72. The van der Waals surface area contributed by atoms with E-state index >= 15 is 0 Å². The van der Waals surface area contributed by atoms with Crippen LogP contribution in [-0.2, 0) is 14.8 Å². The molecule has 0 saturated heterocycles. The summed E-state index contributed by atoms with van der Waals surface area (Å²) in [6, 6.07) is 4.01. The zero-order valence-corrected chi connectivity index (χ0v) is 11.9. The van der Waals surface area contributed by atoms with Crippen LogP contribution in [0.1, 0.15) is 5.69 Å². The third kappa shape index (κ3) is 21.1. The lowest BCUT2D eigenvalue weighted by Gasteiger charge is -1.90. The molecule has 0 unspecified atom stereocenters. The van der Waals surface area contributed by atoms with Crippen LogP contribution in [0.4, 0.5) is 8.37 Å². The largest absolute Gasteiger partial charge is 0.420 e. The van der Waals surface area contributed by atoms with Crippen LogP contribution in [-0.4, -0.2) is 29.6 Å². The Labute approximate surface area is 102 Å². The Balaban J connectivity index is 0. The number of aromatic amines is 1. The summed E-state index contributed by atoms with van der Waals surface area (Å²) in [5.74, 6) is 0. The fraction of sp³-hybridized carbons (Fsp3) is 0.500. The molecule has 0 atom stereocenters. The molecule has 9 heteroatoms. The predicted octanol–water partition coefficient (Wildman–Crippen LogP) is 1.88. The molecule has 5 nitrogen and oxygen atoms in total. The first-order valence-electron chi connectivity index (χ1n) is 4.49. The topological polar surface area (TPSA) is 71.2 Å². The number of aryl methyl sites for hydroxylation is 1. The standard InChI is InChI=1S/C5H7N.C3H9OSi.F2HNO2S/c1-5-3-2-4-6-5;1-4-5(2)3;1-3-6(2,4)5/h2-4,6H,1H3;1-3H3;3H. The molecule has 1 aromatic rings. The van der Waals surface area contributed by atoms with Crippen LogP contribution < -0.4 is 4.94 Å². The number of hydrogen-bond donors (Lipinski definition) is 2. The summed E-state index contributed by atoms with van der Waals surface area (Å²) in [5.41, 5.74) is 1.22. The minimum atomic E-state index is -5.08. The van der Waals surface area contributed by atoms with Crippen LogP contribution in [0.5, 0.6) is 0 Å². The van der Waals surface area contributed by atoms with Crippen LogP contribution in [0.2, 0.25) is 13.1 Å². The van der Waals surface area contributed by atoms with E-state index in [4.69, 9.17) is 12.8 Å². The van der Waals surface area contributed by atoms with Gasteiger partial charge in [0.2, 0.25) is 9.04 Å². The maximum absolute atomic E-state index is 10.6. The third-order valence-corrected chi connectivity index (χ3v) is 2.25. The molecular formula is C8H17F2N2O3SSi. The van der Waals surface area contributed by atoms with Gasteiger partial charge in [0.05, 0.1) is 0 Å². The summed E-state index contributed by atoms with van der Waals surface area (Å²) in [6.07, 6.45) is 1.91. The van der Waals surface area contributed by atoms with Gasteiger partial charge in [-0.1, -0.05) is 3.89 Å². The molecule has 0 amide bonds. The molecule has 0 bridgehead atoms. The van der Waals surface area contributed by atoms with Crippen molar-refractivity contribution in [2.24, 2.45) is 0 Å². The average Bonchev–Trinajstić information content (AvgIpc) is 2.70. The Morgan fingerprint density at radius 2 is 1.88 bits per heavy atom. The van der Waals surface area contributed by atoms with E-state index in [1.807, 2.05) is 25.3 Å². The molecule has 1 heterocycles. The van der Waals surface area contributed by atoms with Crippen molar-refractivity contribution in [3.63, 3.8) is 0 Å². The van der Waals surface area contributed by atoms with Crippen LogP contribution in [0.15, 0.2) is 18.3 Å². The van der Waals surface area contributed by atoms with Crippen molar-refractivity contribution in [3.8, 4) is 0 Å². The first-order valence-corrected chi connectivity index (χ1v) is 8.28. The second-order valence-electron chi connectivity index (χ2n) is 2.98. The molecule has 17 heavy (non-hydrogen) atoms. The molecule has 0 spiro atoms. The normalized spacial score (nSPS) is 10.1. The highest BCUT2D eigenvalue weighted by atomic mass is 32.3. The van der Waals surface area contributed by atoms with E-state index in [2.05, 4.69) is 18.1 Å². The second kappa shape index (κ2) is 10.4. The van der Waals surface area contributed by atoms with Gasteiger partial charge in [-0.05, 0) is 37.1 Å². The summed E-state index contributed by atoms with van der Waals surface area (Å²) >= 11 is 0. The average molecular weight is 287 g/mol. The van der Waals surface area contributed by atoms with Gasteiger partial charge >= 0.3 is 10.4 Å². The fourth-order valence-corrected chi connectivity index (χ4v) is 0.420. The predicted molar refractivity (Wildman–Crippen MR) is 64.3 cm³/mol. The molecule has 0 fully saturated rings. The summed E-state index contributed by atoms with van der Waals surface area (Å²) < 4.78 is 43.4. The van der Waals surface area contributed by atoms with Gasteiger partial charge in [-0.25, -0.2) is 0 Å². The zero-order chi connectivity index (χ0) is 13.9. The maximum Gasteiger partial charge on any atom is 0.398 e. The molecule has 0 saturated carbocycles. The van der Waals surface area contributed by atoms with Gasteiger partial charge in [-0.3, -0.25) is 0 Å². The van der Waals surface area contributed by atoms with E-state index in [1.54, 1.807) is 7.11 Å². The van der Waals surface area contributed by atoms with E-state index < -0.39 is 10.4 Å². The Hall–Kier alpha value is -0.773. The van der Waals surface area contributed by atoms with Gasteiger partial charge < -0.3 is 9.41 Å². The van der Waals surface area contributed by atoms with Gasteiger partial charge in [-0.15, -0.1) is 4.48 Å². The maximum atomic E-state index is 10.6. The molecule has 0 aliphatic heterocycles. The lowest BCUT2D eigenvalue weighted by atomic mass is 10.5. The van der Waals surface area contributed by atoms with Crippen LogP contribution >= 0.6 is 0 Å². The Kier molecular flexibility index (Phi) is 11.4. The van der Waals surface area contributed by atoms with E-state index in [9.17, 15) is 8.37 Å². The zero-order valence-electron chi connectivity index (χ0n) is 10.1. The van der Waals surface area contributed by atoms with E-state index in [1.165, 1.54) is 5.69 Å². The van der Waals surface area contributed by atoms with Gasteiger partial charge in [-0.2, -0.15) is 8.42 Å². The fourth-order valence-electron chi connectivity index (χ4n) is 0.420. The van der Waals surface area contributed by atoms with Gasteiger partial charge in [0.1, 0.15) is 0 Å². The molecule has 1 radical (unpaired) electrons. The molecule has 0 aromatic carbocycles. The Morgan fingerprint density at radius 3 is 1.94 bits per heavy atom. The molecule has 101 valence electrons. The summed E-state index contributed by atoms with van der Waals surface area (Å²) in [7, 11) is -3.71. The summed E-state index contributed by atoms with van der Waals surface area (Å²) in [5, 5.41) is 0. The molecular weight excluding hydrogens is 270 g/mol. The minimum absolute atomic E-state index is 0.0903. The van der Waals surface area contributed by atoms with Crippen molar-refractivity contribution < 1.29 is 21.2 Å². The molecule has 0 aliphatic rings. The van der Waals surface area contributed by atoms with Crippen molar-refractivity contribution in [2.75, 3.05) is 7.11 Å². The lowest BCUT2D eigenvalue weighted by Crippen LogP contribution is -2.05. The highest BCUT2D eigenvalue weighted by Gasteiger charge is 1.99. The number of hydrogen-bond acceptors (Lipinski definition) is 3. The molecule has 0 aliphatic carbocycles. The number of rotatable bonds is 2. The van der Waals surface area contributed by atoms with E-state index in [0.717, 1.165) is 0 Å². The second-order valence-corrected chi connectivity index (χ2v) is 6.24. The highest BCUT2D eigenvalue weighted by Crippen LogP contribution is 1.86. The molecule has 1 aromatic heterocycles. The first kappa shape index (κ1) is 18.6. The van der Waals surface area contributed by atoms with Crippen molar-refractivity contribution in [1.82, 2.24) is 9.93 Å². The van der Waals surface area contributed by atoms with Gasteiger partial charge in [0.15, 0.2) is 0 Å². The summed E-state index contributed by atoms with van der Waals surface area (Å²) in [6.45, 7) is 6.23. The van der Waals surface area contributed by atoms with Crippen molar-refractivity contribution >= 4 is 19.4 Å². The number of nitrogens with one attached hydrogen (secondary N) is 2. The van der Waals surface area contributed by atoms with Crippen LogP contribution in [0.3, 0.4) is 0 Å². The highest BCUT2D eigenvalue weighted by molar-refractivity contribution is 7.84.